The van der Waals surface area contributed by atoms with Crippen molar-refractivity contribution in [3.05, 3.63) is 20.8 Å². The van der Waals surface area contributed by atoms with E-state index in [9.17, 15) is 14.4 Å². The van der Waals surface area contributed by atoms with E-state index >= 15 is 0 Å². The van der Waals surface area contributed by atoms with Gasteiger partial charge in [-0.05, 0) is 18.9 Å². The van der Waals surface area contributed by atoms with E-state index in [-0.39, 0.29) is 9.90 Å². The number of hydrogen-bond acceptors (Lipinski definition) is 5. The number of carboxylic acid groups (broad SMARTS) is 1. The second-order valence-corrected chi connectivity index (χ2v) is 6.03. The number of hydrazone groups is 1. The zero-order chi connectivity index (χ0) is 15.4. The van der Waals surface area contributed by atoms with Crippen LogP contribution in [-0.4, -0.2) is 47.1 Å². The number of hydrogen-bond donors (Lipinski definition) is 2. The summed E-state index contributed by atoms with van der Waals surface area (Å²) in [5.41, 5.74) is 2.10. The Labute approximate surface area is 129 Å². The van der Waals surface area contributed by atoms with Gasteiger partial charge in [-0.25, -0.2) is 10.2 Å². The minimum atomic E-state index is -1.14. The lowest BCUT2D eigenvalue weighted by molar-refractivity contribution is -0.145. The van der Waals surface area contributed by atoms with Crippen molar-refractivity contribution < 1.29 is 19.5 Å². The Morgan fingerprint density at radius 3 is 2.62 bits per heavy atom. The molecule has 0 spiro atoms. The first-order chi connectivity index (χ1) is 9.99. The molecule has 0 aromatic carbocycles. The van der Waals surface area contributed by atoms with Gasteiger partial charge in [0.05, 0.1) is 11.8 Å². The van der Waals surface area contributed by atoms with Gasteiger partial charge in [0.25, 0.3) is 0 Å². The van der Waals surface area contributed by atoms with Crippen molar-refractivity contribution in [2.75, 3.05) is 13.1 Å². The van der Waals surface area contributed by atoms with E-state index in [1.165, 1.54) is 17.2 Å². The van der Waals surface area contributed by atoms with Gasteiger partial charge in [-0.3, -0.25) is 9.59 Å². The van der Waals surface area contributed by atoms with E-state index in [1.54, 1.807) is 0 Å². The van der Waals surface area contributed by atoms with Crippen LogP contribution in [0.25, 0.3) is 0 Å². The molecule has 1 aliphatic rings. The maximum atomic E-state index is 11.7. The molecule has 7 nitrogen and oxygen atoms in total. The number of likely N-dealkylation sites (tertiary alicyclic amines) is 1. The molecule has 0 bridgehead atoms. The fourth-order valence-electron chi connectivity index (χ4n) is 1.86. The Morgan fingerprint density at radius 2 is 2.05 bits per heavy atom. The Kier molecular flexibility index (Phi) is 4.92. The molecular weight excluding hydrogens is 318 g/mol. The highest BCUT2D eigenvalue weighted by atomic mass is 35.5. The molecule has 9 heteroatoms. The minimum absolute atomic E-state index is 0.0254. The van der Waals surface area contributed by atoms with E-state index < -0.39 is 17.8 Å². The van der Waals surface area contributed by atoms with Crippen molar-refractivity contribution in [1.82, 2.24) is 10.3 Å². The Balaban J connectivity index is 1.92. The summed E-state index contributed by atoms with van der Waals surface area (Å²) in [5, 5.41) is 12.5. The highest BCUT2D eigenvalue weighted by molar-refractivity contribution is 7.18. The Morgan fingerprint density at radius 1 is 1.38 bits per heavy atom. The zero-order valence-electron chi connectivity index (χ0n) is 10.8. The van der Waals surface area contributed by atoms with Crippen LogP contribution in [0.4, 0.5) is 0 Å². The minimum Gasteiger partial charge on any atom is -0.478 e. The number of aromatic carboxylic acids is 1. The Bertz CT molecular complexity index is 608. The van der Waals surface area contributed by atoms with Crippen LogP contribution in [0.3, 0.4) is 0 Å². The SMILES string of the molecule is O=C(N/N=C/c1cc(C(=O)O)c(Cl)s1)C(=O)N1CCCC1. The first-order valence-corrected chi connectivity index (χ1v) is 7.33. The van der Waals surface area contributed by atoms with Gasteiger partial charge in [-0.1, -0.05) is 11.6 Å². The number of halogens is 1. The molecule has 0 saturated carbocycles. The molecule has 21 heavy (non-hydrogen) atoms. The molecule has 1 saturated heterocycles. The highest BCUT2D eigenvalue weighted by Gasteiger charge is 2.24. The summed E-state index contributed by atoms with van der Waals surface area (Å²) >= 11 is 6.76. The number of thiophene rings is 1. The first-order valence-electron chi connectivity index (χ1n) is 6.14. The molecule has 0 radical (unpaired) electrons. The van der Waals surface area contributed by atoms with Gasteiger partial charge < -0.3 is 10.0 Å². The molecule has 2 rings (SSSR count). The van der Waals surface area contributed by atoms with Crippen LogP contribution in [-0.2, 0) is 9.59 Å². The average molecular weight is 330 g/mol. The maximum Gasteiger partial charge on any atom is 0.338 e. The summed E-state index contributed by atoms with van der Waals surface area (Å²) in [5.74, 6) is -2.56. The molecular formula is C12H12ClN3O4S. The predicted octanol–water partition coefficient (Wildman–Crippen LogP) is 1.17. The second kappa shape index (κ2) is 6.68. The molecule has 1 aromatic heterocycles. The van der Waals surface area contributed by atoms with E-state index in [4.69, 9.17) is 16.7 Å². The number of rotatable bonds is 3. The molecule has 112 valence electrons. The molecule has 1 aromatic rings. The Hall–Kier alpha value is -1.93. The summed E-state index contributed by atoms with van der Waals surface area (Å²) in [7, 11) is 0. The van der Waals surface area contributed by atoms with E-state index in [2.05, 4.69) is 10.5 Å². The number of nitrogens with zero attached hydrogens (tertiary/aromatic N) is 2. The summed E-state index contributed by atoms with van der Waals surface area (Å²) in [4.78, 5) is 36.0. The van der Waals surface area contributed by atoms with E-state index in [0.717, 1.165) is 24.2 Å². The van der Waals surface area contributed by atoms with Crippen LogP contribution in [0.2, 0.25) is 4.34 Å². The number of carbonyl (C=O) groups is 3. The van der Waals surface area contributed by atoms with Crippen LogP contribution in [0.5, 0.6) is 0 Å². The fourth-order valence-corrected chi connectivity index (χ4v) is 3.01. The number of carboxylic acids is 1. The fraction of sp³-hybridized carbons (Fsp3) is 0.333. The summed E-state index contributed by atoms with van der Waals surface area (Å²) < 4.78 is 0.128. The first kappa shape index (κ1) is 15.5. The van der Waals surface area contributed by atoms with Crippen molar-refractivity contribution in [2.45, 2.75) is 12.8 Å². The third kappa shape index (κ3) is 3.79. The number of nitrogens with one attached hydrogen (secondary N) is 1. The molecule has 0 unspecified atom stereocenters. The predicted molar refractivity (Wildman–Crippen MR) is 77.8 cm³/mol. The van der Waals surface area contributed by atoms with Crippen molar-refractivity contribution in [3.63, 3.8) is 0 Å². The quantitative estimate of drug-likeness (QED) is 0.494. The van der Waals surface area contributed by atoms with Gasteiger partial charge in [0.15, 0.2) is 0 Å². The number of amides is 2. The molecule has 0 aliphatic carbocycles. The molecule has 2 N–H and O–H groups in total. The third-order valence-corrected chi connectivity index (χ3v) is 4.17. The molecule has 2 heterocycles. The van der Waals surface area contributed by atoms with Crippen LogP contribution >= 0.6 is 22.9 Å². The highest BCUT2D eigenvalue weighted by Crippen LogP contribution is 2.26. The van der Waals surface area contributed by atoms with E-state index in [0.29, 0.717) is 18.0 Å². The van der Waals surface area contributed by atoms with Gasteiger partial charge >= 0.3 is 17.8 Å². The second-order valence-electron chi connectivity index (χ2n) is 4.34. The molecule has 2 amide bonds. The monoisotopic (exact) mass is 329 g/mol. The molecule has 0 atom stereocenters. The number of carbonyl (C=O) groups excluding carboxylic acids is 2. The average Bonchev–Trinajstić information content (AvgIpc) is 3.07. The van der Waals surface area contributed by atoms with Gasteiger partial charge in [-0.2, -0.15) is 5.10 Å². The van der Waals surface area contributed by atoms with Crippen LogP contribution in [0, 0.1) is 0 Å². The van der Waals surface area contributed by atoms with E-state index in [1.807, 2.05) is 0 Å². The zero-order valence-corrected chi connectivity index (χ0v) is 12.4. The summed E-state index contributed by atoms with van der Waals surface area (Å²) in [6, 6.07) is 1.34. The summed E-state index contributed by atoms with van der Waals surface area (Å²) in [6.07, 6.45) is 3.04. The van der Waals surface area contributed by atoms with Gasteiger partial charge in [0, 0.05) is 18.0 Å². The van der Waals surface area contributed by atoms with Crippen molar-refractivity contribution in [3.8, 4) is 0 Å². The molecule has 1 fully saturated rings. The van der Waals surface area contributed by atoms with Crippen LogP contribution < -0.4 is 5.43 Å². The summed E-state index contributed by atoms with van der Waals surface area (Å²) in [6.45, 7) is 1.16. The van der Waals surface area contributed by atoms with Gasteiger partial charge in [0.2, 0.25) is 0 Å². The third-order valence-electron chi connectivity index (χ3n) is 2.88. The lowest BCUT2D eigenvalue weighted by atomic mass is 10.3. The standard InChI is InChI=1S/C12H12ClN3O4S/c13-9-8(12(19)20)5-7(21-9)6-14-15-10(17)11(18)16-3-1-2-4-16/h5-6H,1-4H2,(H,15,17)(H,19,20)/b14-6+. The maximum absolute atomic E-state index is 11.7. The smallest absolute Gasteiger partial charge is 0.338 e. The topological polar surface area (TPSA) is 99.1 Å². The largest absolute Gasteiger partial charge is 0.478 e. The lowest BCUT2D eigenvalue weighted by Crippen LogP contribution is -2.39. The van der Waals surface area contributed by atoms with Crippen molar-refractivity contribution in [2.24, 2.45) is 5.10 Å². The van der Waals surface area contributed by atoms with Gasteiger partial charge in [-0.15, -0.1) is 11.3 Å². The van der Waals surface area contributed by atoms with Crippen LogP contribution in [0.1, 0.15) is 28.1 Å². The van der Waals surface area contributed by atoms with Crippen LogP contribution in [0.15, 0.2) is 11.2 Å². The normalized spacial score (nSPS) is 14.6. The molecule has 1 aliphatic heterocycles. The van der Waals surface area contributed by atoms with Crippen molar-refractivity contribution >= 4 is 46.9 Å². The lowest BCUT2D eigenvalue weighted by Gasteiger charge is -2.12. The van der Waals surface area contributed by atoms with Gasteiger partial charge in [0.1, 0.15) is 4.34 Å². The van der Waals surface area contributed by atoms with Crippen molar-refractivity contribution in [1.29, 1.82) is 0 Å².